The van der Waals surface area contributed by atoms with Gasteiger partial charge in [0.1, 0.15) is 5.75 Å². The lowest BCUT2D eigenvalue weighted by Crippen LogP contribution is -2.25. The standard InChI is InChI=1S/C6H6O.C4H12NO5P.O/c7-6-4-2-1-3-5-6;6-3-1-5-2-4-10-11(7,8)9;/h1-5,7H;5-6H,1-4H2,(H2,7,8,9);/q;;-2/p-2. The van der Waals surface area contributed by atoms with Crippen LogP contribution in [0, 0.1) is 0 Å². The van der Waals surface area contributed by atoms with Crippen molar-refractivity contribution in [3.8, 4) is 5.75 Å². The van der Waals surface area contributed by atoms with Gasteiger partial charge in [0.25, 0.3) is 0 Å². The van der Waals surface area contributed by atoms with E-state index in [0.717, 1.165) is 0 Å². The zero-order valence-corrected chi connectivity index (χ0v) is 11.0. The zero-order chi connectivity index (χ0) is 13.9. The number of phosphoric acid groups is 1. The summed E-state index contributed by atoms with van der Waals surface area (Å²) < 4.78 is 13.7. The second-order valence-corrected chi connectivity index (χ2v) is 4.24. The Kier molecular flexibility index (Phi) is 12.9. The Morgan fingerprint density at radius 3 is 2.16 bits per heavy atom. The summed E-state index contributed by atoms with van der Waals surface area (Å²) in [5.41, 5.74) is 0. The lowest BCUT2D eigenvalue weighted by molar-refractivity contribution is -0.341. The number of para-hydroxylation sites is 1. The topological polar surface area (TPSA) is 153 Å². The summed E-state index contributed by atoms with van der Waals surface area (Å²) in [6.45, 7) is 0.358. The van der Waals surface area contributed by atoms with Gasteiger partial charge in [0.2, 0.25) is 0 Å². The molecule has 9 heteroatoms. The van der Waals surface area contributed by atoms with Crippen molar-refractivity contribution < 1.29 is 34.6 Å². The second-order valence-electron chi connectivity index (χ2n) is 3.09. The highest BCUT2D eigenvalue weighted by molar-refractivity contribution is 7.43. The molecular formula is C10H16NO7P-4. The zero-order valence-electron chi connectivity index (χ0n) is 10.1. The van der Waals surface area contributed by atoms with Crippen LogP contribution in [-0.4, -0.2) is 36.5 Å². The second kappa shape index (κ2) is 12.1. The number of hydrogen-bond donors (Lipinski definition) is 3. The molecule has 19 heavy (non-hydrogen) atoms. The molecule has 0 saturated heterocycles. The monoisotopic (exact) mass is 293 g/mol. The van der Waals surface area contributed by atoms with Gasteiger partial charge < -0.3 is 39.9 Å². The number of hydrogen-bond acceptors (Lipinski definition) is 7. The number of aliphatic hydroxyl groups excluding tert-OH is 1. The van der Waals surface area contributed by atoms with Crippen LogP contribution >= 0.6 is 7.82 Å². The van der Waals surface area contributed by atoms with Gasteiger partial charge in [-0.15, -0.1) is 0 Å². The highest BCUT2D eigenvalue weighted by Gasteiger charge is 1.90. The first-order valence-electron chi connectivity index (χ1n) is 5.18. The Bertz CT molecular complexity index is 343. The number of benzene rings is 1. The molecule has 0 saturated carbocycles. The molecule has 0 aliphatic heterocycles. The largest absolute Gasteiger partial charge is 2.00 e. The van der Waals surface area contributed by atoms with Gasteiger partial charge in [-0.2, -0.15) is 0 Å². The highest BCUT2D eigenvalue weighted by atomic mass is 31.2. The van der Waals surface area contributed by atoms with Crippen molar-refractivity contribution in [2.24, 2.45) is 0 Å². The fraction of sp³-hybridized carbons (Fsp3) is 0.400. The van der Waals surface area contributed by atoms with Gasteiger partial charge >= 0.3 is 0 Å². The number of aromatic hydroxyl groups is 1. The van der Waals surface area contributed by atoms with Crippen LogP contribution in [0.5, 0.6) is 5.75 Å². The summed E-state index contributed by atoms with van der Waals surface area (Å²) in [5.74, 6) is 0.322. The minimum atomic E-state index is -4.82. The summed E-state index contributed by atoms with van der Waals surface area (Å²) in [5, 5.41) is 19.5. The molecule has 112 valence electrons. The first-order chi connectivity index (χ1) is 8.45. The molecule has 0 amide bonds. The van der Waals surface area contributed by atoms with Gasteiger partial charge in [-0.3, -0.25) is 0 Å². The number of phenolic OH excluding ortho intramolecular Hbond substituents is 1. The smallest absolute Gasteiger partial charge is 0.115 e. The van der Waals surface area contributed by atoms with Gasteiger partial charge in [0.05, 0.1) is 21.0 Å². The van der Waals surface area contributed by atoms with E-state index >= 15 is 0 Å². The van der Waals surface area contributed by atoms with Crippen molar-refractivity contribution in [2.45, 2.75) is 0 Å². The van der Waals surface area contributed by atoms with Crippen LogP contribution in [0.2, 0.25) is 0 Å². The molecule has 0 aliphatic carbocycles. The fourth-order valence-corrected chi connectivity index (χ4v) is 1.18. The number of nitrogens with one attached hydrogen (secondary N) is 1. The Hall–Kier alpha value is -0.990. The molecule has 0 unspecified atom stereocenters. The SMILES string of the molecule is O=P([O-])([O-])OCCNCCO.Oc1ccccc1.[O-2]. The van der Waals surface area contributed by atoms with Crippen molar-refractivity contribution in [3.63, 3.8) is 0 Å². The van der Waals surface area contributed by atoms with Gasteiger partial charge in [-0.25, -0.2) is 0 Å². The van der Waals surface area contributed by atoms with Gasteiger partial charge in [0, 0.05) is 13.1 Å². The third kappa shape index (κ3) is 17.0. The molecule has 0 bridgehead atoms. The molecule has 1 aromatic carbocycles. The fourth-order valence-electron chi connectivity index (χ4n) is 0.862. The quantitative estimate of drug-likeness (QED) is 0.434. The molecule has 0 spiro atoms. The molecule has 0 atom stereocenters. The number of phosphoric ester groups is 1. The van der Waals surface area contributed by atoms with Gasteiger partial charge in [-0.05, 0) is 12.1 Å². The van der Waals surface area contributed by atoms with Crippen molar-refractivity contribution in [1.82, 2.24) is 5.32 Å². The molecule has 0 fully saturated rings. The molecule has 8 nitrogen and oxygen atoms in total. The Morgan fingerprint density at radius 2 is 1.79 bits per heavy atom. The first-order valence-corrected chi connectivity index (χ1v) is 6.64. The normalized spacial score (nSPS) is 10.1. The third-order valence-corrected chi connectivity index (χ3v) is 2.07. The van der Waals surface area contributed by atoms with E-state index < -0.39 is 7.82 Å². The lowest BCUT2D eigenvalue weighted by Gasteiger charge is -2.28. The molecule has 0 aliphatic rings. The van der Waals surface area contributed by atoms with E-state index in [-0.39, 0.29) is 25.2 Å². The maximum atomic E-state index is 9.84. The average Bonchev–Trinajstić information content (AvgIpc) is 2.29. The third-order valence-electron chi connectivity index (χ3n) is 1.57. The molecule has 0 aromatic heterocycles. The Balaban J connectivity index is 0. The van der Waals surface area contributed by atoms with Crippen LogP contribution < -0.4 is 15.1 Å². The van der Waals surface area contributed by atoms with Crippen LogP contribution in [0.15, 0.2) is 30.3 Å². The van der Waals surface area contributed by atoms with E-state index in [1.165, 1.54) is 0 Å². The van der Waals surface area contributed by atoms with Gasteiger partial charge in [-0.1, -0.05) is 18.2 Å². The van der Waals surface area contributed by atoms with Crippen LogP contribution in [0.1, 0.15) is 0 Å². The molecule has 1 rings (SSSR count). The lowest BCUT2D eigenvalue weighted by atomic mass is 10.3. The summed E-state index contributed by atoms with van der Waals surface area (Å²) >= 11 is 0. The molecule has 3 N–H and O–H groups in total. The van der Waals surface area contributed by atoms with Crippen LogP contribution in [0.25, 0.3) is 0 Å². The van der Waals surface area contributed by atoms with E-state index in [9.17, 15) is 14.4 Å². The number of phenols is 1. The summed E-state index contributed by atoms with van der Waals surface area (Å²) in [6, 6.07) is 8.71. The van der Waals surface area contributed by atoms with E-state index in [1.54, 1.807) is 24.3 Å². The Morgan fingerprint density at radius 1 is 1.21 bits per heavy atom. The van der Waals surface area contributed by atoms with Crippen molar-refractivity contribution in [2.75, 3.05) is 26.3 Å². The van der Waals surface area contributed by atoms with Crippen molar-refractivity contribution in [3.05, 3.63) is 30.3 Å². The minimum Gasteiger partial charge on any atom is -2.00 e. The molecule has 0 heterocycles. The summed E-state index contributed by atoms with van der Waals surface area (Å²) in [6.07, 6.45) is 0. The summed E-state index contributed by atoms with van der Waals surface area (Å²) in [4.78, 5) is 19.7. The van der Waals surface area contributed by atoms with E-state index in [4.69, 9.17) is 10.2 Å². The maximum Gasteiger partial charge on any atom is 0.115 e. The minimum absolute atomic E-state index is 0. The first kappa shape index (κ1) is 20.3. The average molecular weight is 293 g/mol. The van der Waals surface area contributed by atoms with E-state index in [0.29, 0.717) is 12.3 Å². The van der Waals surface area contributed by atoms with Crippen LogP contribution in [0.3, 0.4) is 0 Å². The van der Waals surface area contributed by atoms with E-state index in [1.807, 2.05) is 6.07 Å². The van der Waals surface area contributed by atoms with Crippen LogP contribution in [0.4, 0.5) is 0 Å². The molecule has 0 radical (unpaired) electrons. The highest BCUT2D eigenvalue weighted by Crippen LogP contribution is 2.23. The maximum absolute atomic E-state index is 9.84. The summed E-state index contributed by atoms with van der Waals surface area (Å²) in [7, 11) is -4.82. The predicted molar refractivity (Wildman–Crippen MR) is 62.3 cm³/mol. The number of aliphatic hydroxyl groups is 1. The van der Waals surface area contributed by atoms with Gasteiger partial charge in [0.15, 0.2) is 0 Å². The Labute approximate surface area is 111 Å². The van der Waals surface area contributed by atoms with Crippen molar-refractivity contribution in [1.29, 1.82) is 0 Å². The predicted octanol–water partition coefficient (Wildman–Crippen LogP) is -1.31. The number of rotatable bonds is 6. The molecular weight excluding hydrogens is 277 g/mol. The van der Waals surface area contributed by atoms with Crippen LogP contribution in [-0.2, 0) is 14.6 Å². The van der Waals surface area contributed by atoms with Crippen molar-refractivity contribution >= 4 is 7.82 Å². The van der Waals surface area contributed by atoms with E-state index in [2.05, 4.69) is 9.84 Å². The molecule has 1 aromatic rings.